The Morgan fingerprint density at radius 3 is 2.42 bits per heavy atom. The summed E-state index contributed by atoms with van der Waals surface area (Å²) in [7, 11) is 0. The number of carbonyl (C=O) groups is 3. The maximum Gasteiger partial charge on any atom is 0.364 e. The monoisotopic (exact) mass is 322 g/mol. The summed E-state index contributed by atoms with van der Waals surface area (Å²) in [6.45, 7) is 1.69. The van der Waals surface area contributed by atoms with Crippen molar-refractivity contribution in [2.75, 3.05) is 0 Å². The average molecular weight is 322 g/mol. The summed E-state index contributed by atoms with van der Waals surface area (Å²) in [5.41, 5.74) is 1.59. The molecule has 0 bridgehead atoms. The Morgan fingerprint density at radius 1 is 1.08 bits per heavy atom. The summed E-state index contributed by atoms with van der Waals surface area (Å²) >= 11 is 0. The van der Waals surface area contributed by atoms with Crippen molar-refractivity contribution in [2.45, 2.75) is 6.92 Å². The number of fused-ring (bicyclic) bond motifs is 2. The van der Waals surface area contributed by atoms with Gasteiger partial charge in [0.25, 0.3) is 11.8 Å². The largest absolute Gasteiger partial charge is 0.441 e. The molecule has 0 aliphatic carbocycles. The van der Waals surface area contributed by atoms with Crippen molar-refractivity contribution in [3.8, 4) is 0 Å². The van der Waals surface area contributed by atoms with Gasteiger partial charge in [0.15, 0.2) is 11.5 Å². The lowest BCUT2D eigenvalue weighted by Gasteiger charge is -2.12. The van der Waals surface area contributed by atoms with Crippen LogP contribution in [0.25, 0.3) is 11.1 Å². The minimum Gasteiger partial charge on any atom is -0.441 e. The van der Waals surface area contributed by atoms with Crippen LogP contribution in [0.1, 0.15) is 37.0 Å². The van der Waals surface area contributed by atoms with E-state index in [0.717, 1.165) is 0 Å². The fourth-order valence-electron chi connectivity index (χ4n) is 2.56. The van der Waals surface area contributed by atoms with E-state index in [1.54, 1.807) is 25.1 Å². The molecule has 24 heavy (non-hydrogen) atoms. The van der Waals surface area contributed by atoms with Crippen LogP contribution in [0.2, 0.25) is 0 Å². The molecule has 3 aromatic rings. The molecule has 118 valence electrons. The lowest BCUT2D eigenvalue weighted by molar-refractivity contribution is -0.0584. The second kappa shape index (κ2) is 5.02. The van der Waals surface area contributed by atoms with Crippen LogP contribution in [0.4, 0.5) is 0 Å². The first-order valence-corrected chi connectivity index (χ1v) is 7.12. The third-order valence-electron chi connectivity index (χ3n) is 3.66. The third-order valence-corrected chi connectivity index (χ3v) is 3.66. The van der Waals surface area contributed by atoms with Crippen LogP contribution >= 0.6 is 0 Å². The van der Waals surface area contributed by atoms with E-state index in [9.17, 15) is 14.4 Å². The van der Waals surface area contributed by atoms with Gasteiger partial charge in [-0.05, 0) is 30.3 Å². The van der Waals surface area contributed by atoms with E-state index in [0.29, 0.717) is 22.1 Å². The van der Waals surface area contributed by atoms with E-state index >= 15 is 0 Å². The molecule has 0 spiro atoms. The summed E-state index contributed by atoms with van der Waals surface area (Å²) in [6.07, 6.45) is 0. The summed E-state index contributed by atoms with van der Waals surface area (Å²) in [5.74, 6) is -1.69. The predicted octanol–water partition coefficient (Wildman–Crippen LogP) is 2.50. The van der Waals surface area contributed by atoms with Crippen LogP contribution in [0, 0.1) is 6.92 Å². The molecule has 1 aromatic heterocycles. The number of hydroxylamine groups is 2. The smallest absolute Gasteiger partial charge is 0.364 e. The van der Waals surface area contributed by atoms with Crippen LogP contribution in [0.15, 0.2) is 46.9 Å². The number of hydrogen-bond acceptors (Lipinski definition) is 6. The van der Waals surface area contributed by atoms with Gasteiger partial charge in [0.05, 0.1) is 16.7 Å². The third kappa shape index (κ3) is 2.06. The van der Waals surface area contributed by atoms with E-state index < -0.39 is 17.8 Å². The second-order valence-corrected chi connectivity index (χ2v) is 5.24. The fraction of sp³-hybridized carbons (Fsp3) is 0.0588. The normalized spacial score (nSPS) is 13.5. The number of benzene rings is 2. The van der Waals surface area contributed by atoms with Crippen molar-refractivity contribution in [2.24, 2.45) is 0 Å². The van der Waals surface area contributed by atoms with E-state index in [4.69, 9.17) is 9.25 Å². The number of amides is 2. The van der Waals surface area contributed by atoms with Gasteiger partial charge in [-0.15, -0.1) is 0 Å². The molecule has 2 aromatic carbocycles. The van der Waals surface area contributed by atoms with Gasteiger partial charge in [0.1, 0.15) is 5.52 Å². The molecule has 0 fully saturated rings. The number of aromatic nitrogens is 1. The topological polar surface area (TPSA) is 89.7 Å². The zero-order valence-electron chi connectivity index (χ0n) is 12.5. The quantitative estimate of drug-likeness (QED) is 0.673. The maximum atomic E-state index is 12.3. The Kier molecular flexibility index (Phi) is 2.96. The molecule has 1 aliphatic rings. The Morgan fingerprint density at radius 2 is 1.75 bits per heavy atom. The van der Waals surface area contributed by atoms with Crippen molar-refractivity contribution < 1.29 is 23.6 Å². The predicted molar refractivity (Wildman–Crippen MR) is 81.1 cm³/mol. The molecule has 7 nitrogen and oxygen atoms in total. The molecule has 0 radical (unpaired) electrons. The number of hydrogen-bond donors (Lipinski definition) is 0. The summed E-state index contributed by atoms with van der Waals surface area (Å²) in [6, 6.07) is 10.8. The highest BCUT2D eigenvalue weighted by atomic mass is 16.7. The van der Waals surface area contributed by atoms with Crippen LogP contribution in [0.5, 0.6) is 0 Å². The fourth-order valence-corrected chi connectivity index (χ4v) is 2.56. The number of imide groups is 1. The molecule has 2 amide bonds. The summed E-state index contributed by atoms with van der Waals surface area (Å²) in [4.78, 5) is 45.8. The van der Waals surface area contributed by atoms with Gasteiger partial charge in [-0.2, -0.15) is 0 Å². The summed E-state index contributed by atoms with van der Waals surface area (Å²) in [5, 5.41) is 0.477. The standard InChI is InChI=1S/C17H10N2O5/c1-9-18-13-8-10(6-7-14(13)23-9)17(22)24-19-15(20)11-4-2-3-5-12(11)16(19)21/h2-8H,1H3. The van der Waals surface area contributed by atoms with Crippen LogP contribution < -0.4 is 0 Å². The number of carbonyl (C=O) groups excluding carboxylic acids is 3. The average Bonchev–Trinajstić information content (AvgIpc) is 3.07. The van der Waals surface area contributed by atoms with E-state index in [1.807, 2.05) is 0 Å². The number of rotatable bonds is 2. The highest BCUT2D eigenvalue weighted by Gasteiger charge is 2.38. The van der Waals surface area contributed by atoms with E-state index in [2.05, 4.69) is 4.98 Å². The molecular weight excluding hydrogens is 312 g/mol. The van der Waals surface area contributed by atoms with Gasteiger partial charge in [-0.1, -0.05) is 17.2 Å². The Hall–Kier alpha value is -3.48. The van der Waals surface area contributed by atoms with Gasteiger partial charge in [-0.3, -0.25) is 9.59 Å². The minimum atomic E-state index is -0.827. The zero-order chi connectivity index (χ0) is 16.8. The lowest BCUT2D eigenvalue weighted by atomic mass is 10.1. The summed E-state index contributed by atoms with van der Waals surface area (Å²) < 4.78 is 5.33. The molecule has 4 rings (SSSR count). The van der Waals surface area contributed by atoms with Crippen LogP contribution in [0.3, 0.4) is 0 Å². The van der Waals surface area contributed by atoms with Gasteiger partial charge in [-0.25, -0.2) is 9.78 Å². The Bertz CT molecular complexity index is 986. The molecule has 0 N–H and O–H groups in total. The molecule has 0 unspecified atom stereocenters. The van der Waals surface area contributed by atoms with Crippen molar-refractivity contribution >= 4 is 28.9 Å². The highest BCUT2D eigenvalue weighted by molar-refractivity contribution is 6.21. The first-order chi connectivity index (χ1) is 11.5. The molecule has 7 heteroatoms. The molecule has 0 saturated heterocycles. The van der Waals surface area contributed by atoms with Gasteiger partial charge >= 0.3 is 5.97 Å². The molecule has 0 atom stereocenters. The highest BCUT2D eigenvalue weighted by Crippen LogP contribution is 2.24. The lowest BCUT2D eigenvalue weighted by Crippen LogP contribution is -2.32. The van der Waals surface area contributed by atoms with Crippen LogP contribution in [-0.4, -0.2) is 27.8 Å². The minimum absolute atomic E-state index is 0.160. The SMILES string of the molecule is Cc1nc2cc(C(=O)ON3C(=O)c4ccccc4C3=O)ccc2o1. The first kappa shape index (κ1) is 14.1. The number of aryl methyl sites for hydroxylation is 1. The Labute approximate surface area is 135 Å². The van der Waals surface area contributed by atoms with E-state index in [-0.39, 0.29) is 16.7 Å². The zero-order valence-corrected chi connectivity index (χ0v) is 12.5. The number of nitrogens with zero attached hydrogens (tertiary/aromatic N) is 2. The Balaban J connectivity index is 1.62. The van der Waals surface area contributed by atoms with Crippen molar-refractivity contribution in [1.29, 1.82) is 0 Å². The number of oxazole rings is 1. The van der Waals surface area contributed by atoms with Crippen molar-refractivity contribution in [1.82, 2.24) is 10.0 Å². The molecule has 2 heterocycles. The second-order valence-electron chi connectivity index (χ2n) is 5.24. The van der Waals surface area contributed by atoms with E-state index in [1.165, 1.54) is 24.3 Å². The molecule has 0 saturated carbocycles. The van der Waals surface area contributed by atoms with Crippen molar-refractivity contribution in [3.63, 3.8) is 0 Å². The van der Waals surface area contributed by atoms with Crippen LogP contribution in [-0.2, 0) is 4.84 Å². The maximum absolute atomic E-state index is 12.3. The molecular formula is C17H10N2O5. The first-order valence-electron chi connectivity index (χ1n) is 7.12. The van der Waals surface area contributed by atoms with Gasteiger partial charge in [0.2, 0.25) is 0 Å². The van der Waals surface area contributed by atoms with Gasteiger partial charge < -0.3 is 9.25 Å². The van der Waals surface area contributed by atoms with Crippen molar-refractivity contribution in [3.05, 3.63) is 65.0 Å². The molecule has 1 aliphatic heterocycles. The van der Waals surface area contributed by atoms with Gasteiger partial charge in [0, 0.05) is 6.92 Å².